The zero-order valence-electron chi connectivity index (χ0n) is 10.5. The number of piperidine rings is 1. The molecule has 1 saturated heterocycles. The maximum absolute atomic E-state index is 12.4. The number of carbonyl (C=O) groups excluding carboxylic acids is 1. The summed E-state index contributed by atoms with van der Waals surface area (Å²) >= 11 is 3.30. The number of nitrogens with two attached hydrogens (primary N) is 1. The Morgan fingerprint density at radius 3 is 2.84 bits per heavy atom. The van der Waals surface area contributed by atoms with Crippen LogP contribution in [0.5, 0.6) is 0 Å². The predicted octanol–water partition coefficient (Wildman–Crippen LogP) is 0.974. The third kappa shape index (κ3) is 3.23. The molecule has 1 aliphatic heterocycles. The highest BCUT2D eigenvalue weighted by Gasteiger charge is 2.25. The Morgan fingerprint density at radius 2 is 2.26 bits per heavy atom. The van der Waals surface area contributed by atoms with Gasteiger partial charge in [0.2, 0.25) is 0 Å². The molecule has 2 rings (SSSR count). The zero-order chi connectivity index (χ0) is 13.8. The number of aromatic nitrogens is 1. The summed E-state index contributed by atoms with van der Waals surface area (Å²) in [5, 5.41) is 9.11. The van der Waals surface area contributed by atoms with Crippen molar-refractivity contribution in [3.05, 3.63) is 22.3 Å². The van der Waals surface area contributed by atoms with Crippen molar-refractivity contribution < 1.29 is 9.90 Å². The molecule has 0 radical (unpaired) electrons. The van der Waals surface area contributed by atoms with Gasteiger partial charge in [0, 0.05) is 30.4 Å². The number of hydrazine groups is 1. The summed E-state index contributed by atoms with van der Waals surface area (Å²) in [4.78, 5) is 18.3. The van der Waals surface area contributed by atoms with E-state index in [0.29, 0.717) is 30.4 Å². The highest BCUT2D eigenvalue weighted by Crippen LogP contribution is 2.22. The van der Waals surface area contributed by atoms with E-state index in [-0.39, 0.29) is 12.5 Å². The third-order valence-electron chi connectivity index (χ3n) is 3.38. The van der Waals surface area contributed by atoms with Crippen LogP contribution in [0.3, 0.4) is 0 Å². The summed E-state index contributed by atoms with van der Waals surface area (Å²) in [6, 6.07) is 1.71. The van der Waals surface area contributed by atoms with Crippen molar-refractivity contribution in [2.24, 2.45) is 11.8 Å². The van der Waals surface area contributed by atoms with Gasteiger partial charge in [0.1, 0.15) is 0 Å². The molecule has 1 amide bonds. The van der Waals surface area contributed by atoms with Gasteiger partial charge in [-0.1, -0.05) is 0 Å². The highest BCUT2D eigenvalue weighted by atomic mass is 79.9. The molecule has 7 heteroatoms. The van der Waals surface area contributed by atoms with E-state index in [2.05, 4.69) is 26.3 Å². The Hall–Kier alpha value is -1.18. The molecule has 104 valence electrons. The number of likely N-dealkylation sites (tertiary alicyclic amines) is 1. The monoisotopic (exact) mass is 328 g/mol. The van der Waals surface area contributed by atoms with Gasteiger partial charge < -0.3 is 15.4 Å². The van der Waals surface area contributed by atoms with Gasteiger partial charge in [0.25, 0.3) is 5.91 Å². The Kier molecular flexibility index (Phi) is 4.73. The number of aliphatic hydroxyl groups is 1. The lowest BCUT2D eigenvalue weighted by molar-refractivity contribution is 0.0651. The summed E-state index contributed by atoms with van der Waals surface area (Å²) in [6.45, 7) is 1.50. The standard InChI is InChI=1S/C12H17BrN4O2/c13-9-5-10(11(16-14)15-6-9)12(19)17-3-1-8(7-18)2-4-17/h5-6,8,18H,1-4,7,14H2,(H,15,16). The first-order valence-electron chi connectivity index (χ1n) is 6.18. The van der Waals surface area contributed by atoms with Crippen molar-refractivity contribution in [1.29, 1.82) is 0 Å². The molecule has 0 saturated carbocycles. The third-order valence-corrected chi connectivity index (χ3v) is 3.82. The number of nitrogen functional groups attached to an aromatic ring is 1. The quantitative estimate of drug-likeness (QED) is 0.568. The normalized spacial score (nSPS) is 16.5. The second kappa shape index (κ2) is 6.31. The summed E-state index contributed by atoms with van der Waals surface area (Å²) in [5.74, 6) is 5.97. The van der Waals surface area contributed by atoms with Crippen LogP contribution in [-0.4, -0.2) is 40.6 Å². The van der Waals surface area contributed by atoms with Gasteiger partial charge in [-0.15, -0.1) is 0 Å². The number of amides is 1. The molecule has 0 spiro atoms. The molecule has 4 N–H and O–H groups in total. The van der Waals surface area contributed by atoms with Crippen LogP contribution in [-0.2, 0) is 0 Å². The minimum atomic E-state index is -0.0851. The van der Waals surface area contributed by atoms with E-state index in [9.17, 15) is 4.79 Å². The molecular formula is C12H17BrN4O2. The molecule has 2 heterocycles. The summed E-state index contributed by atoms with van der Waals surface area (Å²) < 4.78 is 0.736. The maximum atomic E-state index is 12.4. The number of nitrogens with one attached hydrogen (secondary N) is 1. The molecule has 1 fully saturated rings. The van der Waals surface area contributed by atoms with E-state index >= 15 is 0 Å². The summed E-state index contributed by atoms with van der Waals surface area (Å²) in [6.07, 6.45) is 3.24. The lowest BCUT2D eigenvalue weighted by Crippen LogP contribution is -2.39. The Bertz CT molecular complexity index is 461. The first kappa shape index (κ1) is 14.2. The molecule has 0 atom stereocenters. The molecule has 6 nitrogen and oxygen atoms in total. The van der Waals surface area contributed by atoms with E-state index in [0.717, 1.165) is 17.3 Å². The van der Waals surface area contributed by atoms with Gasteiger partial charge in [-0.05, 0) is 40.8 Å². The van der Waals surface area contributed by atoms with E-state index in [1.54, 1.807) is 17.2 Å². The van der Waals surface area contributed by atoms with Crippen LogP contribution in [0.4, 0.5) is 5.82 Å². The van der Waals surface area contributed by atoms with Crippen LogP contribution < -0.4 is 11.3 Å². The number of aliphatic hydroxyl groups excluding tert-OH is 1. The largest absolute Gasteiger partial charge is 0.396 e. The first-order chi connectivity index (χ1) is 9.15. The molecule has 0 aromatic carbocycles. The number of hydrogen-bond acceptors (Lipinski definition) is 5. The number of nitrogens with zero attached hydrogens (tertiary/aromatic N) is 2. The molecule has 0 unspecified atom stereocenters. The predicted molar refractivity (Wildman–Crippen MR) is 75.5 cm³/mol. The van der Waals surface area contributed by atoms with Crippen molar-refractivity contribution in [2.75, 3.05) is 25.1 Å². The van der Waals surface area contributed by atoms with Crippen LogP contribution in [0.25, 0.3) is 0 Å². The molecular weight excluding hydrogens is 312 g/mol. The number of anilines is 1. The van der Waals surface area contributed by atoms with Gasteiger partial charge in [0.15, 0.2) is 5.82 Å². The minimum Gasteiger partial charge on any atom is -0.396 e. The van der Waals surface area contributed by atoms with Gasteiger partial charge in [-0.25, -0.2) is 10.8 Å². The van der Waals surface area contributed by atoms with Crippen LogP contribution in [0.1, 0.15) is 23.2 Å². The van der Waals surface area contributed by atoms with Gasteiger partial charge in [-0.2, -0.15) is 0 Å². The van der Waals surface area contributed by atoms with Crippen molar-refractivity contribution in [1.82, 2.24) is 9.88 Å². The highest BCUT2D eigenvalue weighted by molar-refractivity contribution is 9.10. The summed E-state index contributed by atoms with van der Waals surface area (Å²) in [5.41, 5.74) is 2.90. The number of carbonyl (C=O) groups is 1. The van der Waals surface area contributed by atoms with Gasteiger partial charge >= 0.3 is 0 Å². The fourth-order valence-electron chi connectivity index (χ4n) is 2.21. The maximum Gasteiger partial charge on any atom is 0.257 e. The number of pyridine rings is 1. The second-order valence-electron chi connectivity index (χ2n) is 4.61. The van der Waals surface area contributed by atoms with Crippen molar-refractivity contribution in [2.45, 2.75) is 12.8 Å². The van der Waals surface area contributed by atoms with Gasteiger partial charge in [0.05, 0.1) is 5.56 Å². The second-order valence-corrected chi connectivity index (χ2v) is 5.53. The number of halogens is 1. The molecule has 0 aliphatic carbocycles. The minimum absolute atomic E-state index is 0.0851. The topological polar surface area (TPSA) is 91.5 Å². The van der Waals surface area contributed by atoms with E-state index in [1.807, 2.05) is 0 Å². The average molecular weight is 329 g/mol. The van der Waals surface area contributed by atoms with Crippen molar-refractivity contribution >= 4 is 27.7 Å². The van der Waals surface area contributed by atoms with E-state index in [4.69, 9.17) is 10.9 Å². The SMILES string of the molecule is NNc1ncc(Br)cc1C(=O)N1CCC(CO)CC1. The Labute approximate surface area is 120 Å². The Morgan fingerprint density at radius 1 is 1.58 bits per heavy atom. The van der Waals surface area contributed by atoms with E-state index < -0.39 is 0 Å². The Balaban J connectivity index is 2.14. The lowest BCUT2D eigenvalue weighted by atomic mass is 9.97. The lowest BCUT2D eigenvalue weighted by Gasteiger charge is -2.31. The first-order valence-corrected chi connectivity index (χ1v) is 6.97. The molecule has 1 aromatic rings. The number of rotatable bonds is 3. The zero-order valence-corrected chi connectivity index (χ0v) is 12.1. The summed E-state index contributed by atoms with van der Waals surface area (Å²) in [7, 11) is 0. The fourth-order valence-corrected chi connectivity index (χ4v) is 2.54. The van der Waals surface area contributed by atoms with Crippen LogP contribution >= 0.6 is 15.9 Å². The molecule has 19 heavy (non-hydrogen) atoms. The molecule has 1 aliphatic rings. The van der Waals surface area contributed by atoms with Crippen molar-refractivity contribution in [3.8, 4) is 0 Å². The van der Waals surface area contributed by atoms with E-state index in [1.165, 1.54) is 0 Å². The molecule has 0 bridgehead atoms. The van der Waals surface area contributed by atoms with Crippen LogP contribution in [0, 0.1) is 5.92 Å². The van der Waals surface area contributed by atoms with Gasteiger partial charge in [-0.3, -0.25) is 4.79 Å². The number of hydrogen-bond donors (Lipinski definition) is 3. The molecule has 1 aromatic heterocycles. The average Bonchev–Trinajstić information content (AvgIpc) is 2.46. The van der Waals surface area contributed by atoms with Crippen LogP contribution in [0.15, 0.2) is 16.7 Å². The fraction of sp³-hybridized carbons (Fsp3) is 0.500. The van der Waals surface area contributed by atoms with Crippen LogP contribution in [0.2, 0.25) is 0 Å². The smallest absolute Gasteiger partial charge is 0.257 e. The van der Waals surface area contributed by atoms with Crippen molar-refractivity contribution in [3.63, 3.8) is 0 Å².